The van der Waals surface area contributed by atoms with E-state index in [4.69, 9.17) is 9.47 Å². The SMILES string of the molecule is CCCCN1CC=CC23O[C@@H]4/C=C\CCCOC(=O)C4[C@H]2C(=O)N(C(CO)C(C)C)[C@@H]3C1=O. The molecule has 0 saturated carbocycles. The molecular formula is C25H36N2O6. The van der Waals surface area contributed by atoms with Gasteiger partial charge in [0, 0.05) is 13.1 Å². The molecule has 2 amide bonds. The van der Waals surface area contributed by atoms with Crippen LogP contribution in [0.1, 0.15) is 46.5 Å². The molecule has 0 aromatic rings. The van der Waals surface area contributed by atoms with Crippen LogP contribution >= 0.6 is 0 Å². The van der Waals surface area contributed by atoms with E-state index in [1.807, 2.05) is 38.2 Å². The highest BCUT2D eigenvalue weighted by atomic mass is 16.6. The van der Waals surface area contributed by atoms with Crippen molar-refractivity contribution in [3.05, 3.63) is 24.3 Å². The van der Waals surface area contributed by atoms with E-state index in [2.05, 4.69) is 6.92 Å². The number of ether oxygens (including phenoxy) is 2. The molecule has 0 aliphatic carbocycles. The number of rotatable bonds is 6. The van der Waals surface area contributed by atoms with Gasteiger partial charge in [0.25, 0.3) is 0 Å². The zero-order valence-corrected chi connectivity index (χ0v) is 19.8. The summed E-state index contributed by atoms with van der Waals surface area (Å²) in [5.41, 5.74) is -1.27. The van der Waals surface area contributed by atoms with E-state index >= 15 is 0 Å². The number of carbonyl (C=O) groups is 3. The van der Waals surface area contributed by atoms with Gasteiger partial charge in [-0.05, 0) is 25.2 Å². The zero-order chi connectivity index (χ0) is 23.8. The average molecular weight is 461 g/mol. The summed E-state index contributed by atoms with van der Waals surface area (Å²) < 4.78 is 12.1. The highest BCUT2D eigenvalue weighted by Crippen LogP contribution is 2.54. The lowest BCUT2D eigenvalue weighted by molar-refractivity contribution is -0.156. The molecule has 8 heteroatoms. The number of hydrogen-bond donors (Lipinski definition) is 1. The minimum absolute atomic E-state index is 0.0814. The Morgan fingerprint density at radius 3 is 2.70 bits per heavy atom. The summed E-state index contributed by atoms with van der Waals surface area (Å²) in [5, 5.41) is 10.2. The van der Waals surface area contributed by atoms with Crippen LogP contribution in [-0.4, -0.2) is 82.8 Å². The van der Waals surface area contributed by atoms with E-state index in [0.29, 0.717) is 19.5 Å². The highest BCUT2D eigenvalue weighted by Gasteiger charge is 2.72. The van der Waals surface area contributed by atoms with Crippen molar-refractivity contribution in [3.63, 3.8) is 0 Å². The summed E-state index contributed by atoms with van der Waals surface area (Å²) in [4.78, 5) is 44.4. The van der Waals surface area contributed by atoms with Gasteiger partial charge in [0.05, 0.1) is 31.3 Å². The van der Waals surface area contributed by atoms with Gasteiger partial charge in [-0.25, -0.2) is 0 Å². The number of amides is 2. The topological polar surface area (TPSA) is 96.4 Å². The predicted octanol–water partition coefficient (Wildman–Crippen LogP) is 1.68. The Morgan fingerprint density at radius 2 is 2.00 bits per heavy atom. The van der Waals surface area contributed by atoms with Gasteiger partial charge >= 0.3 is 5.97 Å². The Morgan fingerprint density at radius 1 is 1.21 bits per heavy atom. The number of unbranched alkanes of at least 4 members (excludes halogenated alkanes) is 1. The second-order valence-electron chi connectivity index (χ2n) is 9.86. The molecule has 0 aromatic carbocycles. The number of likely N-dealkylation sites (tertiary alicyclic amines) is 1. The number of aliphatic hydroxyl groups excluding tert-OH is 1. The molecular weight excluding hydrogens is 424 g/mol. The number of cyclic esters (lactones) is 1. The second kappa shape index (κ2) is 9.58. The maximum Gasteiger partial charge on any atom is 0.312 e. The monoisotopic (exact) mass is 460 g/mol. The molecule has 0 bridgehead atoms. The van der Waals surface area contributed by atoms with Crippen LogP contribution < -0.4 is 0 Å². The van der Waals surface area contributed by atoms with E-state index in [1.54, 1.807) is 4.90 Å². The van der Waals surface area contributed by atoms with Crippen molar-refractivity contribution in [2.24, 2.45) is 17.8 Å². The molecule has 4 aliphatic heterocycles. The first-order valence-corrected chi connectivity index (χ1v) is 12.3. The molecule has 33 heavy (non-hydrogen) atoms. The molecule has 4 aliphatic rings. The molecule has 182 valence electrons. The minimum Gasteiger partial charge on any atom is -0.465 e. The number of esters is 1. The summed E-state index contributed by atoms with van der Waals surface area (Å²) >= 11 is 0. The van der Waals surface area contributed by atoms with E-state index in [9.17, 15) is 19.5 Å². The zero-order valence-electron chi connectivity index (χ0n) is 19.8. The number of allylic oxidation sites excluding steroid dienone is 1. The lowest BCUT2D eigenvalue weighted by atomic mass is 9.78. The Hall–Kier alpha value is -2.19. The Labute approximate surface area is 195 Å². The maximum absolute atomic E-state index is 14.0. The standard InChI is InChI=1S/C25H36N2O6/c1-4-5-12-26-13-9-11-25-20(19-18(33-25)10-7-6-8-14-32-24(19)31)22(29)27(21(25)23(26)30)17(15-28)16(2)3/h7,9-11,16-21,28H,4-6,8,12-15H2,1-3H3/b10-7-/t17?,18-,19?,20+,21-,25?/m1/s1. The largest absolute Gasteiger partial charge is 0.465 e. The van der Waals surface area contributed by atoms with E-state index in [0.717, 1.165) is 19.3 Å². The van der Waals surface area contributed by atoms with Crippen molar-refractivity contribution >= 4 is 17.8 Å². The van der Waals surface area contributed by atoms with Crippen molar-refractivity contribution in [1.82, 2.24) is 9.80 Å². The van der Waals surface area contributed by atoms with Crippen molar-refractivity contribution in [2.75, 3.05) is 26.3 Å². The number of hydrogen-bond acceptors (Lipinski definition) is 6. The lowest BCUT2D eigenvalue weighted by Crippen LogP contribution is -2.59. The van der Waals surface area contributed by atoms with Crippen LogP contribution in [0.3, 0.4) is 0 Å². The second-order valence-corrected chi connectivity index (χ2v) is 9.86. The van der Waals surface area contributed by atoms with Gasteiger partial charge in [0.2, 0.25) is 11.8 Å². The molecule has 0 aromatic heterocycles. The molecule has 8 nitrogen and oxygen atoms in total. The molecule has 2 saturated heterocycles. The van der Waals surface area contributed by atoms with Crippen molar-refractivity contribution in [2.45, 2.75) is 70.2 Å². The maximum atomic E-state index is 14.0. The minimum atomic E-state index is -1.27. The predicted molar refractivity (Wildman–Crippen MR) is 121 cm³/mol. The van der Waals surface area contributed by atoms with Crippen LogP contribution in [-0.2, 0) is 23.9 Å². The molecule has 1 spiro atoms. The van der Waals surface area contributed by atoms with Crippen LogP contribution in [0.5, 0.6) is 0 Å². The fourth-order valence-electron chi connectivity index (χ4n) is 5.77. The smallest absolute Gasteiger partial charge is 0.312 e. The molecule has 0 radical (unpaired) electrons. The fraction of sp³-hybridized carbons (Fsp3) is 0.720. The lowest BCUT2D eigenvalue weighted by Gasteiger charge is -2.39. The summed E-state index contributed by atoms with van der Waals surface area (Å²) in [6, 6.07) is -1.49. The van der Waals surface area contributed by atoms with E-state index < -0.39 is 41.6 Å². The van der Waals surface area contributed by atoms with Gasteiger partial charge in [-0.3, -0.25) is 14.4 Å². The van der Waals surface area contributed by atoms with Crippen LogP contribution in [0, 0.1) is 17.8 Å². The molecule has 4 rings (SSSR count). The number of aliphatic hydroxyl groups is 1. The summed E-state index contributed by atoms with van der Waals surface area (Å²) in [7, 11) is 0. The van der Waals surface area contributed by atoms with Crippen molar-refractivity contribution in [1.29, 1.82) is 0 Å². The van der Waals surface area contributed by atoms with Crippen LogP contribution in [0.2, 0.25) is 0 Å². The van der Waals surface area contributed by atoms with E-state index in [1.165, 1.54) is 4.90 Å². The number of fused-ring (bicyclic) bond motifs is 2. The Bertz CT molecular complexity index is 839. The van der Waals surface area contributed by atoms with Crippen LogP contribution in [0.4, 0.5) is 0 Å². The third-order valence-corrected chi connectivity index (χ3v) is 7.47. The van der Waals surface area contributed by atoms with Gasteiger partial charge in [-0.2, -0.15) is 0 Å². The first kappa shape index (κ1) is 24.0. The van der Waals surface area contributed by atoms with Crippen LogP contribution in [0.15, 0.2) is 24.3 Å². The third kappa shape index (κ3) is 3.91. The van der Waals surface area contributed by atoms with Crippen LogP contribution in [0.25, 0.3) is 0 Å². The van der Waals surface area contributed by atoms with Gasteiger partial charge in [0.1, 0.15) is 17.6 Å². The fourth-order valence-corrected chi connectivity index (χ4v) is 5.77. The highest BCUT2D eigenvalue weighted by molar-refractivity contribution is 5.99. The summed E-state index contributed by atoms with van der Waals surface area (Å²) in [6.07, 6.45) is 10.2. The van der Waals surface area contributed by atoms with Gasteiger partial charge < -0.3 is 24.4 Å². The van der Waals surface area contributed by atoms with Crippen molar-refractivity contribution in [3.8, 4) is 0 Å². The van der Waals surface area contributed by atoms with Crippen molar-refractivity contribution < 1.29 is 29.0 Å². The normalized spacial score (nSPS) is 35.8. The van der Waals surface area contributed by atoms with Gasteiger partial charge in [0.15, 0.2) is 0 Å². The third-order valence-electron chi connectivity index (χ3n) is 7.47. The molecule has 4 heterocycles. The molecule has 2 fully saturated rings. The Balaban J connectivity index is 1.83. The number of nitrogens with zero attached hydrogens (tertiary/aromatic N) is 2. The van der Waals surface area contributed by atoms with E-state index in [-0.39, 0.29) is 30.9 Å². The first-order valence-electron chi connectivity index (χ1n) is 12.3. The number of carbonyl (C=O) groups excluding carboxylic acids is 3. The summed E-state index contributed by atoms with van der Waals surface area (Å²) in [5.74, 6) is -2.75. The summed E-state index contributed by atoms with van der Waals surface area (Å²) in [6.45, 7) is 6.93. The Kier molecular flexibility index (Phi) is 6.96. The molecule has 3 unspecified atom stereocenters. The molecule has 6 atom stereocenters. The van der Waals surface area contributed by atoms with Gasteiger partial charge in [-0.15, -0.1) is 0 Å². The first-order chi connectivity index (χ1) is 15.9. The quantitative estimate of drug-likeness (QED) is 0.479. The molecule has 1 N–H and O–H groups in total. The van der Waals surface area contributed by atoms with Gasteiger partial charge in [-0.1, -0.05) is 51.5 Å². The average Bonchev–Trinajstić information content (AvgIpc) is 3.19.